The zero-order valence-electron chi connectivity index (χ0n) is 10.8. The lowest BCUT2D eigenvalue weighted by molar-refractivity contribution is 0.218. The van der Waals surface area contributed by atoms with Crippen LogP contribution in [0.4, 0.5) is 0 Å². The van der Waals surface area contributed by atoms with Crippen LogP contribution in [-0.4, -0.2) is 29.5 Å². The largest absolute Gasteiger partial charge is 0.313 e. The Morgan fingerprint density at radius 2 is 2.06 bits per heavy atom. The summed E-state index contributed by atoms with van der Waals surface area (Å²) < 4.78 is 0. The van der Waals surface area contributed by atoms with Crippen molar-refractivity contribution in [1.29, 1.82) is 0 Å². The highest BCUT2D eigenvalue weighted by Crippen LogP contribution is 2.11. The van der Waals surface area contributed by atoms with E-state index in [-0.39, 0.29) is 0 Å². The number of rotatable bonds is 5. The number of piperidine rings is 1. The second kappa shape index (κ2) is 6.72. The van der Waals surface area contributed by atoms with Crippen molar-refractivity contribution >= 4 is 0 Å². The van der Waals surface area contributed by atoms with Crippen molar-refractivity contribution in [1.82, 2.24) is 15.2 Å². The molecule has 0 aromatic carbocycles. The quantitative estimate of drug-likeness (QED) is 0.845. The standard InChI is InChI=1S/C14H23N3/c1-2-15-10-13-6-7-14(16-11-13)12-17-8-4-3-5-9-17/h6-7,11,15H,2-5,8-10,12H2,1H3. The summed E-state index contributed by atoms with van der Waals surface area (Å²) in [7, 11) is 0. The Kier molecular flexibility index (Phi) is 4.95. The molecule has 0 radical (unpaired) electrons. The van der Waals surface area contributed by atoms with Gasteiger partial charge in [0.2, 0.25) is 0 Å². The predicted molar refractivity (Wildman–Crippen MR) is 70.7 cm³/mol. The minimum absolute atomic E-state index is 0.924. The first-order valence-electron chi connectivity index (χ1n) is 6.75. The Labute approximate surface area is 104 Å². The highest BCUT2D eigenvalue weighted by molar-refractivity contribution is 5.14. The summed E-state index contributed by atoms with van der Waals surface area (Å²) in [5.41, 5.74) is 2.47. The summed E-state index contributed by atoms with van der Waals surface area (Å²) in [6.45, 7) is 7.55. The van der Waals surface area contributed by atoms with Crippen molar-refractivity contribution < 1.29 is 0 Å². The maximum Gasteiger partial charge on any atom is 0.0544 e. The van der Waals surface area contributed by atoms with Gasteiger partial charge < -0.3 is 5.32 Å². The van der Waals surface area contributed by atoms with Crippen molar-refractivity contribution in [2.45, 2.75) is 39.3 Å². The van der Waals surface area contributed by atoms with Gasteiger partial charge in [-0.1, -0.05) is 19.4 Å². The molecule has 0 bridgehead atoms. The van der Waals surface area contributed by atoms with Crippen LogP contribution in [-0.2, 0) is 13.1 Å². The molecule has 0 atom stereocenters. The Morgan fingerprint density at radius 3 is 2.71 bits per heavy atom. The van der Waals surface area contributed by atoms with Crippen LogP contribution in [0, 0.1) is 0 Å². The molecule has 0 aliphatic carbocycles. The minimum atomic E-state index is 0.924. The van der Waals surface area contributed by atoms with Crippen molar-refractivity contribution in [3.05, 3.63) is 29.6 Å². The first-order valence-corrected chi connectivity index (χ1v) is 6.75. The fraction of sp³-hybridized carbons (Fsp3) is 0.643. The zero-order chi connectivity index (χ0) is 11.9. The van der Waals surface area contributed by atoms with Crippen LogP contribution in [0.3, 0.4) is 0 Å². The van der Waals surface area contributed by atoms with Gasteiger partial charge in [0.25, 0.3) is 0 Å². The monoisotopic (exact) mass is 233 g/mol. The van der Waals surface area contributed by atoms with Crippen LogP contribution in [0.2, 0.25) is 0 Å². The van der Waals surface area contributed by atoms with E-state index in [9.17, 15) is 0 Å². The molecule has 94 valence electrons. The van der Waals surface area contributed by atoms with Gasteiger partial charge in [0, 0.05) is 19.3 Å². The summed E-state index contributed by atoms with van der Waals surface area (Å²) in [5.74, 6) is 0. The number of nitrogens with one attached hydrogen (secondary N) is 1. The topological polar surface area (TPSA) is 28.2 Å². The third kappa shape index (κ3) is 4.10. The summed E-state index contributed by atoms with van der Waals surface area (Å²) in [6, 6.07) is 4.36. The normalized spacial score (nSPS) is 17.2. The maximum absolute atomic E-state index is 4.54. The summed E-state index contributed by atoms with van der Waals surface area (Å²) >= 11 is 0. The maximum atomic E-state index is 4.54. The van der Waals surface area contributed by atoms with Gasteiger partial charge in [0.1, 0.15) is 0 Å². The molecule has 1 N–H and O–H groups in total. The van der Waals surface area contributed by atoms with E-state index >= 15 is 0 Å². The van der Waals surface area contributed by atoms with Gasteiger partial charge in [-0.05, 0) is 44.1 Å². The van der Waals surface area contributed by atoms with Gasteiger partial charge in [-0.2, -0.15) is 0 Å². The first-order chi connectivity index (χ1) is 8.38. The fourth-order valence-corrected chi connectivity index (χ4v) is 2.27. The van der Waals surface area contributed by atoms with Crippen LogP contribution in [0.25, 0.3) is 0 Å². The molecule has 1 aliphatic rings. The SMILES string of the molecule is CCNCc1ccc(CN2CCCCC2)nc1. The number of hydrogen-bond donors (Lipinski definition) is 1. The van der Waals surface area contributed by atoms with Gasteiger partial charge in [0.05, 0.1) is 5.69 Å². The molecule has 1 saturated heterocycles. The Balaban J connectivity index is 1.84. The zero-order valence-corrected chi connectivity index (χ0v) is 10.8. The molecule has 3 heteroatoms. The summed E-state index contributed by atoms with van der Waals surface area (Å²) in [6.07, 6.45) is 6.09. The van der Waals surface area contributed by atoms with Crippen LogP contribution in [0.5, 0.6) is 0 Å². The predicted octanol–water partition coefficient (Wildman–Crippen LogP) is 2.18. The third-order valence-electron chi connectivity index (χ3n) is 3.30. The molecule has 0 amide bonds. The molecule has 0 spiro atoms. The molecule has 1 aromatic heterocycles. The average Bonchev–Trinajstić information content (AvgIpc) is 2.39. The summed E-state index contributed by atoms with van der Waals surface area (Å²) in [4.78, 5) is 7.05. The number of nitrogens with zero attached hydrogens (tertiary/aromatic N) is 2. The van der Waals surface area contributed by atoms with Gasteiger partial charge >= 0.3 is 0 Å². The van der Waals surface area contributed by atoms with E-state index in [0.717, 1.165) is 19.6 Å². The molecule has 2 rings (SSSR count). The molecule has 0 saturated carbocycles. The molecule has 3 nitrogen and oxygen atoms in total. The van der Waals surface area contributed by atoms with E-state index in [1.165, 1.54) is 43.6 Å². The summed E-state index contributed by atoms with van der Waals surface area (Å²) in [5, 5.41) is 3.31. The number of likely N-dealkylation sites (tertiary alicyclic amines) is 1. The van der Waals surface area contributed by atoms with Crippen LogP contribution in [0.1, 0.15) is 37.4 Å². The van der Waals surface area contributed by atoms with Gasteiger partial charge in [-0.25, -0.2) is 0 Å². The van der Waals surface area contributed by atoms with Crippen molar-refractivity contribution in [2.24, 2.45) is 0 Å². The highest BCUT2D eigenvalue weighted by Gasteiger charge is 2.10. The van der Waals surface area contributed by atoms with Crippen molar-refractivity contribution in [2.75, 3.05) is 19.6 Å². The molecule has 1 aliphatic heterocycles. The smallest absolute Gasteiger partial charge is 0.0544 e. The number of aromatic nitrogens is 1. The second-order valence-electron chi connectivity index (χ2n) is 4.77. The molecule has 1 fully saturated rings. The fourth-order valence-electron chi connectivity index (χ4n) is 2.27. The van der Waals surface area contributed by atoms with E-state index < -0.39 is 0 Å². The average molecular weight is 233 g/mol. The molecule has 17 heavy (non-hydrogen) atoms. The van der Waals surface area contributed by atoms with Crippen LogP contribution in [0.15, 0.2) is 18.3 Å². The molecular weight excluding hydrogens is 210 g/mol. The van der Waals surface area contributed by atoms with Gasteiger partial charge in [0.15, 0.2) is 0 Å². The van der Waals surface area contributed by atoms with E-state index in [2.05, 4.69) is 34.3 Å². The van der Waals surface area contributed by atoms with E-state index in [4.69, 9.17) is 0 Å². The van der Waals surface area contributed by atoms with E-state index in [1.54, 1.807) is 0 Å². The third-order valence-corrected chi connectivity index (χ3v) is 3.30. The van der Waals surface area contributed by atoms with Gasteiger partial charge in [-0.15, -0.1) is 0 Å². The molecule has 0 unspecified atom stereocenters. The van der Waals surface area contributed by atoms with E-state index in [1.807, 2.05) is 6.20 Å². The lowest BCUT2D eigenvalue weighted by atomic mass is 10.1. The van der Waals surface area contributed by atoms with Crippen molar-refractivity contribution in [3.8, 4) is 0 Å². The van der Waals surface area contributed by atoms with E-state index in [0.29, 0.717) is 0 Å². The number of pyridine rings is 1. The van der Waals surface area contributed by atoms with Crippen molar-refractivity contribution in [3.63, 3.8) is 0 Å². The Bertz CT molecular complexity index is 315. The minimum Gasteiger partial charge on any atom is -0.313 e. The highest BCUT2D eigenvalue weighted by atomic mass is 15.1. The Morgan fingerprint density at radius 1 is 1.24 bits per heavy atom. The lowest BCUT2D eigenvalue weighted by Crippen LogP contribution is -2.29. The molecule has 2 heterocycles. The second-order valence-corrected chi connectivity index (χ2v) is 4.77. The number of hydrogen-bond acceptors (Lipinski definition) is 3. The molecule has 1 aromatic rings. The first kappa shape index (κ1) is 12.5. The lowest BCUT2D eigenvalue weighted by Gasteiger charge is -2.25. The Hall–Kier alpha value is -0.930. The molecular formula is C14H23N3. The van der Waals surface area contributed by atoms with Crippen LogP contribution >= 0.6 is 0 Å². The van der Waals surface area contributed by atoms with Crippen LogP contribution < -0.4 is 5.32 Å². The van der Waals surface area contributed by atoms with Gasteiger partial charge in [-0.3, -0.25) is 9.88 Å².